The summed E-state index contributed by atoms with van der Waals surface area (Å²) in [5.74, 6) is -4.74. The molecule has 2 N–H and O–H groups in total. The van der Waals surface area contributed by atoms with Gasteiger partial charge in [0.05, 0.1) is 6.61 Å². The van der Waals surface area contributed by atoms with Crippen LogP contribution < -0.4 is 10.1 Å². The smallest absolute Gasteiger partial charge is 0.389 e. The maximum Gasteiger partial charge on any atom is 0.389 e. The number of carbonyl (C=O) groups is 4. The van der Waals surface area contributed by atoms with Gasteiger partial charge in [0.2, 0.25) is 11.8 Å². The molecule has 1 atom stereocenters. The molecule has 1 fully saturated rings. The molecule has 11 heteroatoms. The number of aryl methyl sites for hydroxylation is 1. The third-order valence-electron chi connectivity index (χ3n) is 5.29. The van der Waals surface area contributed by atoms with Gasteiger partial charge in [0, 0.05) is 24.9 Å². The van der Waals surface area contributed by atoms with Gasteiger partial charge in [0.25, 0.3) is 0 Å². The molecule has 2 rings (SSSR count). The van der Waals surface area contributed by atoms with Crippen molar-refractivity contribution in [1.82, 2.24) is 10.2 Å². The molecular weight excluding hydrogens is 445 g/mol. The molecule has 8 nitrogen and oxygen atoms in total. The molecule has 1 heterocycles. The van der Waals surface area contributed by atoms with E-state index in [4.69, 9.17) is 9.84 Å². The number of nitrogens with one attached hydrogen (secondary N) is 1. The highest BCUT2D eigenvalue weighted by Gasteiger charge is 2.48. The number of alkyl halides is 3. The zero-order valence-corrected chi connectivity index (χ0v) is 18.6. The van der Waals surface area contributed by atoms with E-state index in [0.717, 1.165) is 0 Å². The molecule has 1 aromatic carbocycles. The standard InChI is InChI=1S/C22H27F3N2O6/c1-13-9-14(5-6-16(13)33-8-4-7-22(23,24)25)12-27-20(32)18(15(28)10-21(27,2)3)19(31)26-11-17(29)30/h5-6,9,18H,4,7-8,10-12H2,1-3H3,(H,26,31)(H,29,30). The number of ketones is 1. The Bertz CT molecular complexity index is 929. The fourth-order valence-electron chi connectivity index (χ4n) is 3.64. The number of amides is 2. The summed E-state index contributed by atoms with van der Waals surface area (Å²) in [5.41, 5.74) is 0.461. The normalized spacial score (nSPS) is 18.2. The zero-order valence-electron chi connectivity index (χ0n) is 18.6. The number of hydrogen-bond acceptors (Lipinski definition) is 5. The van der Waals surface area contributed by atoms with E-state index >= 15 is 0 Å². The van der Waals surface area contributed by atoms with Crippen LogP contribution in [0, 0.1) is 12.8 Å². The Morgan fingerprint density at radius 3 is 2.52 bits per heavy atom. The molecule has 1 aliphatic heterocycles. The van der Waals surface area contributed by atoms with Crippen LogP contribution in [0.1, 0.15) is 44.2 Å². The maximum atomic E-state index is 13.0. The van der Waals surface area contributed by atoms with Crippen LogP contribution in [0.25, 0.3) is 0 Å². The van der Waals surface area contributed by atoms with Crippen molar-refractivity contribution in [3.63, 3.8) is 0 Å². The molecule has 33 heavy (non-hydrogen) atoms. The van der Waals surface area contributed by atoms with E-state index in [-0.39, 0.29) is 26.0 Å². The van der Waals surface area contributed by atoms with E-state index < -0.39 is 54.2 Å². The van der Waals surface area contributed by atoms with Gasteiger partial charge in [-0.15, -0.1) is 0 Å². The topological polar surface area (TPSA) is 113 Å². The number of ether oxygens (including phenoxy) is 1. The van der Waals surface area contributed by atoms with Crippen molar-refractivity contribution >= 4 is 23.6 Å². The van der Waals surface area contributed by atoms with Gasteiger partial charge >= 0.3 is 12.1 Å². The summed E-state index contributed by atoms with van der Waals surface area (Å²) in [5, 5.41) is 10.8. The lowest BCUT2D eigenvalue weighted by molar-refractivity contribution is -0.158. The first-order chi connectivity index (χ1) is 15.2. The van der Waals surface area contributed by atoms with E-state index in [0.29, 0.717) is 16.9 Å². The molecule has 0 radical (unpaired) electrons. The van der Waals surface area contributed by atoms with E-state index in [1.54, 1.807) is 39.0 Å². The summed E-state index contributed by atoms with van der Waals surface area (Å²) in [6.07, 6.45) is -5.42. The third-order valence-corrected chi connectivity index (χ3v) is 5.29. The van der Waals surface area contributed by atoms with Gasteiger partial charge in [0.1, 0.15) is 12.3 Å². The van der Waals surface area contributed by atoms with Gasteiger partial charge in [-0.05, 0) is 44.4 Å². The number of aliphatic carboxylic acids is 1. The first kappa shape index (κ1) is 26.1. The van der Waals surface area contributed by atoms with Crippen LogP contribution in [0.4, 0.5) is 13.2 Å². The minimum atomic E-state index is -4.24. The lowest BCUT2D eigenvalue weighted by Crippen LogP contribution is -2.60. The molecule has 0 aromatic heterocycles. The highest BCUT2D eigenvalue weighted by atomic mass is 19.4. The lowest BCUT2D eigenvalue weighted by atomic mass is 9.82. The van der Waals surface area contributed by atoms with Crippen LogP contribution in [-0.4, -0.2) is 58.4 Å². The number of piperidine rings is 1. The second kappa shape index (κ2) is 10.2. The van der Waals surface area contributed by atoms with Crippen molar-refractivity contribution in [2.75, 3.05) is 13.2 Å². The number of rotatable bonds is 9. The van der Waals surface area contributed by atoms with Gasteiger partial charge in [0.15, 0.2) is 11.7 Å². The molecule has 0 saturated carbocycles. The van der Waals surface area contributed by atoms with Crippen LogP contribution in [0.3, 0.4) is 0 Å². The van der Waals surface area contributed by atoms with Crippen LogP contribution in [0.2, 0.25) is 0 Å². The number of hydrogen-bond donors (Lipinski definition) is 2. The molecule has 1 aromatic rings. The molecular formula is C22H27F3N2O6. The predicted molar refractivity (Wildman–Crippen MR) is 110 cm³/mol. The molecule has 1 saturated heterocycles. The molecule has 2 amide bonds. The second-order valence-electron chi connectivity index (χ2n) is 8.59. The maximum absolute atomic E-state index is 13.0. The number of halogens is 3. The summed E-state index contributed by atoms with van der Waals surface area (Å²) in [4.78, 5) is 49.9. The summed E-state index contributed by atoms with van der Waals surface area (Å²) in [7, 11) is 0. The molecule has 0 spiro atoms. The SMILES string of the molecule is Cc1cc(CN2C(=O)C(C(=O)NCC(=O)O)C(=O)CC2(C)C)ccc1OCCCC(F)(F)F. The van der Waals surface area contributed by atoms with Crippen LogP contribution in [0.15, 0.2) is 18.2 Å². The number of likely N-dealkylation sites (tertiary alicyclic amines) is 1. The first-order valence-electron chi connectivity index (χ1n) is 10.3. The van der Waals surface area contributed by atoms with Crippen LogP contribution in [-0.2, 0) is 25.7 Å². The van der Waals surface area contributed by atoms with Gasteiger partial charge < -0.3 is 20.1 Å². The number of carbonyl (C=O) groups excluding carboxylic acids is 3. The Morgan fingerprint density at radius 1 is 1.27 bits per heavy atom. The highest BCUT2D eigenvalue weighted by molar-refractivity contribution is 6.20. The number of carboxylic acids is 1. The quantitative estimate of drug-likeness (QED) is 0.422. The summed E-state index contributed by atoms with van der Waals surface area (Å²) < 4.78 is 42.2. The van der Waals surface area contributed by atoms with E-state index in [2.05, 4.69) is 5.32 Å². The van der Waals surface area contributed by atoms with Gasteiger partial charge in [-0.1, -0.05) is 12.1 Å². The Labute approximate surface area is 189 Å². The van der Waals surface area contributed by atoms with E-state index in [9.17, 15) is 32.3 Å². The Balaban J connectivity index is 2.11. The summed E-state index contributed by atoms with van der Waals surface area (Å²) in [6, 6.07) is 4.98. The molecule has 1 unspecified atom stereocenters. The van der Waals surface area contributed by atoms with Gasteiger partial charge in [-0.3, -0.25) is 19.2 Å². The van der Waals surface area contributed by atoms with Crippen molar-refractivity contribution in [3.8, 4) is 5.75 Å². The number of Topliss-reactive ketones (excluding diaryl/α,β-unsaturated/α-hetero) is 1. The van der Waals surface area contributed by atoms with Crippen LogP contribution >= 0.6 is 0 Å². The Hall–Kier alpha value is -3.11. The average Bonchev–Trinajstić information content (AvgIpc) is 2.66. The Kier molecular flexibility index (Phi) is 8.10. The monoisotopic (exact) mass is 472 g/mol. The number of benzene rings is 1. The zero-order chi connectivity index (χ0) is 25.0. The number of nitrogens with zero attached hydrogens (tertiary/aromatic N) is 1. The number of carboxylic acid groups (broad SMARTS) is 1. The molecule has 182 valence electrons. The van der Waals surface area contributed by atoms with Crippen molar-refractivity contribution in [2.24, 2.45) is 5.92 Å². The average molecular weight is 472 g/mol. The first-order valence-corrected chi connectivity index (χ1v) is 10.3. The van der Waals surface area contributed by atoms with Crippen molar-refractivity contribution in [1.29, 1.82) is 0 Å². The summed E-state index contributed by atoms with van der Waals surface area (Å²) in [6.45, 7) is 4.39. The summed E-state index contributed by atoms with van der Waals surface area (Å²) >= 11 is 0. The van der Waals surface area contributed by atoms with Crippen LogP contribution in [0.5, 0.6) is 5.75 Å². The Morgan fingerprint density at radius 2 is 1.94 bits per heavy atom. The van der Waals surface area contributed by atoms with E-state index in [1.807, 2.05) is 0 Å². The van der Waals surface area contributed by atoms with Gasteiger partial charge in [-0.25, -0.2) is 0 Å². The minimum Gasteiger partial charge on any atom is -0.493 e. The van der Waals surface area contributed by atoms with Crippen molar-refractivity contribution < 1.29 is 42.2 Å². The third kappa shape index (κ3) is 7.19. The minimum absolute atomic E-state index is 0.0801. The second-order valence-corrected chi connectivity index (χ2v) is 8.59. The molecule has 0 bridgehead atoms. The molecule has 0 aliphatic carbocycles. The predicted octanol–water partition coefficient (Wildman–Crippen LogP) is 2.61. The lowest BCUT2D eigenvalue weighted by Gasteiger charge is -2.44. The van der Waals surface area contributed by atoms with Gasteiger partial charge in [-0.2, -0.15) is 13.2 Å². The fourth-order valence-corrected chi connectivity index (χ4v) is 3.64. The van der Waals surface area contributed by atoms with E-state index in [1.165, 1.54) is 4.90 Å². The fraction of sp³-hybridized carbons (Fsp3) is 0.545. The van der Waals surface area contributed by atoms with Crippen molar-refractivity contribution in [3.05, 3.63) is 29.3 Å². The largest absolute Gasteiger partial charge is 0.493 e. The highest BCUT2D eigenvalue weighted by Crippen LogP contribution is 2.32. The molecule has 1 aliphatic rings. The van der Waals surface area contributed by atoms with Crippen molar-refractivity contribution in [2.45, 2.75) is 58.3 Å².